The lowest BCUT2D eigenvalue weighted by atomic mass is 9.95. The minimum absolute atomic E-state index is 0.0356. The molecule has 0 aliphatic rings. The highest BCUT2D eigenvalue weighted by atomic mass is 35.5. The average molecular weight is 319 g/mol. The van der Waals surface area contributed by atoms with E-state index >= 15 is 0 Å². The topological polar surface area (TPSA) is 0 Å². The van der Waals surface area contributed by atoms with Crippen LogP contribution < -0.4 is 0 Å². The molecule has 5 heteroatoms. The number of hydrogen-bond donors (Lipinski definition) is 0. The summed E-state index contributed by atoms with van der Waals surface area (Å²) in [5.41, 5.74) is -0.0839. The molecule has 0 bridgehead atoms. The van der Waals surface area contributed by atoms with E-state index in [9.17, 15) is 13.2 Å². The molecule has 0 N–H and O–H groups in total. The molecule has 20 heavy (non-hydrogen) atoms. The predicted octanol–water partition coefficient (Wildman–Crippen LogP) is 5.79. The zero-order valence-corrected chi connectivity index (χ0v) is 12.9. The highest BCUT2D eigenvalue weighted by molar-refractivity contribution is 7.12. The van der Waals surface area contributed by atoms with Gasteiger partial charge in [-0.05, 0) is 23.6 Å². The van der Waals surface area contributed by atoms with Gasteiger partial charge in [0.1, 0.15) is 0 Å². The summed E-state index contributed by atoms with van der Waals surface area (Å²) in [7, 11) is 0. The quantitative estimate of drug-likeness (QED) is 0.485. The maximum atomic E-state index is 13.7. The molecular weight excluding hydrogens is 305 g/mol. The van der Waals surface area contributed by atoms with Crippen LogP contribution in [0.4, 0.5) is 13.2 Å². The third kappa shape index (κ3) is 2.86. The van der Waals surface area contributed by atoms with Crippen molar-refractivity contribution in [1.29, 1.82) is 0 Å². The van der Waals surface area contributed by atoms with Crippen molar-refractivity contribution in [3.63, 3.8) is 0 Å². The van der Waals surface area contributed by atoms with Crippen molar-refractivity contribution < 1.29 is 13.2 Å². The fourth-order valence-electron chi connectivity index (χ4n) is 1.78. The fourth-order valence-corrected chi connectivity index (χ4v) is 3.22. The van der Waals surface area contributed by atoms with Crippen LogP contribution in [0.15, 0.2) is 24.3 Å². The molecule has 1 aromatic carbocycles. The molecule has 0 aliphatic heterocycles. The summed E-state index contributed by atoms with van der Waals surface area (Å²) in [6.07, 6.45) is 0. The minimum Gasteiger partial charge on any atom is -0.204 e. The fraction of sp³-hybridized carbons (Fsp3) is 0.333. The summed E-state index contributed by atoms with van der Waals surface area (Å²) in [5, 5.41) is -0.828. The van der Waals surface area contributed by atoms with Gasteiger partial charge in [-0.3, -0.25) is 0 Å². The Labute approximate surface area is 125 Å². The molecule has 0 spiro atoms. The molecular formula is C15H14ClF3S. The van der Waals surface area contributed by atoms with Crippen molar-refractivity contribution in [3.8, 4) is 0 Å². The van der Waals surface area contributed by atoms with E-state index in [1.165, 1.54) is 17.4 Å². The summed E-state index contributed by atoms with van der Waals surface area (Å²) in [6, 6.07) is 5.79. The zero-order valence-electron chi connectivity index (χ0n) is 11.3. The van der Waals surface area contributed by atoms with Gasteiger partial charge in [0.2, 0.25) is 0 Å². The van der Waals surface area contributed by atoms with Crippen LogP contribution >= 0.6 is 22.9 Å². The Morgan fingerprint density at radius 1 is 1.00 bits per heavy atom. The van der Waals surface area contributed by atoms with Gasteiger partial charge in [-0.15, -0.1) is 22.9 Å². The van der Waals surface area contributed by atoms with Gasteiger partial charge in [-0.2, -0.15) is 0 Å². The zero-order chi connectivity index (χ0) is 15.1. The lowest BCUT2D eigenvalue weighted by Gasteiger charge is -2.15. The van der Waals surface area contributed by atoms with E-state index in [2.05, 4.69) is 20.8 Å². The Balaban J connectivity index is 2.39. The first-order valence-corrected chi connectivity index (χ1v) is 7.35. The van der Waals surface area contributed by atoms with Crippen molar-refractivity contribution in [2.45, 2.75) is 31.6 Å². The van der Waals surface area contributed by atoms with Crippen LogP contribution in [0.25, 0.3) is 0 Å². The molecule has 0 radical (unpaired) electrons. The predicted molar refractivity (Wildman–Crippen MR) is 77.0 cm³/mol. The van der Waals surface area contributed by atoms with Crippen LogP contribution in [0.2, 0.25) is 0 Å². The Morgan fingerprint density at radius 3 is 2.20 bits per heavy atom. The molecule has 0 fully saturated rings. The molecule has 1 heterocycles. The van der Waals surface area contributed by atoms with Crippen LogP contribution in [0.3, 0.4) is 0 Å². The summed E-state index contributed by atoms with van der Waals surface area (Å²) < 4.78 is 39.9. The van der Waals surface area contributed by atoms with Crippen LogP contribution in [-0.2, 0) is 5.41 Å². The first-order chi connectivity index (χ1) is 9.21. The molecule has 108 valence electrons. The lowest BCUT2D eigenvalue weighted by molar-refractivity contribution is 0.441. The highest BCUT2D eigenvalue weighted by Gasteiger charge is 2.24. The van der Waals surface area contributed by atoms with Gasteiger partial charge in [-0.1, -0.05) is 26.8 Å². The second kappa shape index (κ2) is 5.41. The van der Waals surface area contributed by atoms with Gasteiger partial charge >= 0.3 is 0 Å². The van der Waals surface area contributed by atoms with Gasteiger partial charge in [0.15, 0.2) is 17.5 Å². The van der Waals surface area contributed by atoms with Gasteiger partial charge in [0, 0.05) is 15.3 Å². The van der Waals surface area contributed by atoms with E-state index in [0.29, 0.717) is 4.88 Å². The number of benzene rings is 1. The largest absolute Gasteiger partial charge is 0.204 e. The van der Waals surface area contributed by atoms with Crippen molar-refractivity contribution in [1.82, 2.24) is 0 Å². The summed E-state index contributed by atoms with van der Waals surface area (Å²) in [4.78, 5) is 1.81. The highest BCUT2D eigenvalue weighted by Crippen LogP contribution is 2.39. The van der Waals surface area contributed by atoms with Crippen molar-refractivity contribution in [2.75, 3.05) is 0 Å². The third-order valence-electron chi connectivity index (χ3n) is 2.95. The number of halogens is 4. The number of hydrogen-bond acceptors (Lipinski definition) is 1. The normalized spacial score (nSPS) is 13.6. The van der Waals surface area contributed by atoms with Gasteiger partial charge in [0.05, 0.1) is 5.38 Å². The molecule has 2 rings (SSSR count). The van der Waals surface area contributed by atoms with E-state index in [1.807, 2.05) is 6.07 Å². The van der Waals surface area contributed by atoms with E-state index in [1.54, 1.807) is 6.07 Å². The molecule has 1 atom stereocenters. The first kappa shape index (κ1) is 15.4. The molecule has 2 aromatic rings. The van der Waals surface area contributed by atoms with E-state index in [4.69, 9.17) is 11.6 Å². The molecule has 0 amide bonds. The number of thiophene rings is 1. The summed E-state index contributed by atoms with van der Waals surface area (Å²) in [5.74, 6) is -3.92. The average Bonchev–Trinajstić information content (AvgIpc) is 2.85. The van der Waals surface area contributed by atoms with Crippen molar-refractivity contribution in [3.05, 3.63) is 57.0 Å². The van der Waals surface area contributed by atoms with Crippen LogP contribution in [0.5, 0.6) is 0 Å². The van der Waals surface area contributed by atoms with Gasteiger partial charge in [-0.25, -0.2) is 13.2 Å². The minimum atomic E-state index is -1.49. The maximum absolute atomic E-state index is 13.7. The first-order valence-electron chi connectivity index (χ1n) is 6.09. The molecule has 1 unspecified atom stereocenters. The SMILES string of the molecule is CC(C)(C)c1ccc(C(Cl)c2ccc(F)c(F)c2F)s1. The smallest absolute Gasteiger partial charge is 0.194 e. The molecule has 0 aliphatic carbocycles. The van der Waals surface area contributed by atoms with Crippen LogP contribution in [0, 0.1) is 17.5 Å². The molecule has 0 saturated heterocycles. The second-order valence-electron chi connectivity index (χ2n) is 5.58. The Morgan fingerprint density at radius 2 is 1.65 bits per heavy atom. The van der Waals surface area contributed by atoms with E-state index in [-0.39, 0.29) is 11.0 Å². The van der Waals surface area contributed by atoms with E-state index < -0.39 is 22.8 Å². The number of rotatable bonds is 2. The lowest BCUT2D eigenvalue weighted by Crippen LogP contribution is -2.07. The van der Waals surface area contributed by atoms with Gasteiger partial charge < -0.3 is 0 Å². The van der Waals surface area contributed by atoms with Crippen LogP contribution in [0.1, 0.15) is 41.5 Å². The Bertz CT molecular complexity index is 629. The second-order valence-corrected chi connectivity index (χ2v) is 7.13. The van der Waals surface area contributed by atoms with Crippen molar-refractivity contribution >= 4 is 22.9 Å². The van der Waals surface area contributed by atoms with E-state index in [0.717, 1.165) is 10.9 Å². The Hall–Kier alpha value is -1.00. The summed E-state index contributed by atoms with van der Waals surface area (Å²) in [6.45, 7) is 6.18. The number of alkyl halides is 1. The molecule has 0 saturated carbocycles. The monoisotopic (exact) mass is 318 g/mol. The maximum Gasteiger partial charge on any atom is 0.194 e. The molecule has 0 nitrogen and oxygen atoms in total. The standard InChI is InChI=1S/C15H14ClF3S/c1-15(2,3)11-7-6-10(20-11)12(16)8-4-5-9(17)14(19)13(8)18/h4-7,12H,1-3H3. The van der Waals surface area contributed by atoms with Crippen LogP contribution in [-0.4, -0.2) is 0 Å². The third-order valence-corrected chi connectivity index (χ3v) is 5.13. The Kier molecular flexibility index (Phi) is 4.17. The van der Waals surface area contributed by atoms with Gasteiger partial charge in [0.25, 0.3) is 0 Å². The van der Waals surface area contributed by atoms with Crippen molar-refractivity contribution in [2.24, 2.45) is 0 Å². The molecule has 1 aromatic heterocycles. The summed E-state index contributed by atoms with van der Waals surface area (Å²) >= 11 is 7.65.